The molecular weight excluding hydrogens is 330 g/mol. The van der Waals surface area contributed by atoms with Crippen molar-refractivity contribution in [3.63, 3.8) is 0 Å². The van der Waals surface area contributed by atoms with Gasteiger partial charge in [0, 0.05) is 10.6 Å². The predicted octanol–water partition coefficient (Wildman–Crippen LogP) is 6.15. The highest BCUT2D eigenvalue weighted by atomic mass is 35.5. The number of hydrogen-bond acceptors (Lipinski definition) is 2. The van der Waals surface area contributed by atoms with E-state index in [9.17, 15) is 0 Å². The van der Waals surface area contributed by atoms with Gasteiger partial charge in [-0.05, 0) is 23.3 Å². The lowest BCUT2D eigenvalue weighted by Crippen LogP contribution is -1.97. The van der Waals surface area contributed by atoms with Crippen molar-refractivity contribution in [2.24, 2.45) is 5.16 Å². The first-order valence-electron chi connectivity index (χ1n) is 8.05. The van der Waals surface area contributed by atoms with E-state index >= 15 is 0 Å². The highest BCUT2D eigenvalue weighted by Gasteiger charge is 2.08. The minimum absolute atomic E-state index is 0.278. The molecule has 0 amide bonds. The molecule has 3 heteroatoms. The maximum Gasteiger partial charge on any atom is 0.171 e. The first-order chi connectivity index (χ1) is 12.3. The molecule has 3 aromatic carbocycles. The summed E-state index contributed by atoms with van der Waals surface area (Å²) in [7, 11) is 0. The third kappa shape index (κ3) is 5.07. The van der Waals surface area contributed by atoms with Gasteiger partial charge in [0.05, 0.1) is 6.21 Å². The van der Waals surface area contributed by atoms with Crippen LogP contribution < -0.4 is 0 Å². The molecule has 1 atom stereocenters. The van der Waals surface area contributed by atoms with E-state index in [1.807, 2.05) is 97.1 Å². The molecule has 0 fully saturated rings. The SMILES string of the molecule is Clc1ccccc1/C=N/O[C@@H](/C=C/c1ccccc1)c1ccccc1. The molecule has 0 heterocycles. The molecule has 2 nitrogen and oxygen atoms in total. The number of hydrogen-bond donors (Lipinski definition) is 0. The van der Waals surface area contributed by atoms with Gasteiger partial charge in [-0.2, -0.15) is 0 Å². The minimum atomic E-state index is -0.278. The van der Waals surface area contributed by atoms with Gasteiger partial charge in [0.1, 0.15) is 0 Å². The summed E-state index contributed by atoms with van der Waals surface area (Å²) in [6, 6.07) is 27.6. The Morgan fingerprint density at radius 1 is 0.800 bits per heavy atom. The second-order valence-corrected chi connectivity index (χ2v) is 5.87. The zero-order chi connectivity index (χ0) is 17.3. The average Bonchev–Trinajstić information content (AvgIpc) is 2.67. The Morgan fingerprint density at radius 3 is 2.16 bits per heavy atom. The second-order valence-electron chi connectivity index (χ2n) is 5.46. The molecular formula is C22H18ClNO. The summed E-state index contributed by atoms with van der Waals surface area (Å²) in [5.41, 5.74) is 2.97. The molecule has 124 valence electrons. The molecule has 0 aromatic heterocycles. The quantitative estimate of drug-likeness (QED) is 0.387. The van der Waals surface area contributed by atoms with Crippen molar-refractivity contribution in [2.45, 2.75) is 6.10 Å². The predicted molar refractivity (Wildman–Crippen MR) is 105 cm³/mol. The fourth-order valence-corrected chi connectivity index (χ4v) is 2.53. The van der Waals surface area contributed by atoms with Gasteiger partial charge >= 0.3 is 0 Å². The monoisotopic (exact) mass is 347 g/mol. The molecule has 0 unspecified atom stereocenters. The van der Waals surface area contributed by atoms with Crippen LogP contribution in [0.4, 0.5) is 0 Å². The third-order valence-corrected chi connectivity index (χ3v) is 4.01. The Labute approximate surface area is 153 Å². The highest BCUT2D eigenvalue weighted by molar-refractivity contribution is 6.33. The zero-order valence-electron chi connectivity index (χ0n) is 13.6. The molecule has 25 heavy (non-hydrogen) atoms. The largest absolute Gasteiger partial charge is 0.383 e. The number of nitrogens with zero attached hydrogens (tertiary/aromatic N) is 1. The fraction of sp³-hybridized carbons (Fsp3) is 0.0455. The smallest absolute Gasteiger partial charge is 0.171 e. The summed E-state index contributed by atoms with van der Waals surface area (Å²) in [6.07, 6.45) is 5.38. The second kappa shape index (κ2) is 8.86. The maximum atomic E-state index is 6.14. The molecule has 0 bridgehead atoms. The number of oxime groups is 1. The molecule has 0 aliphatic rings. The normalized spacial score (nSPS) is 12.5. The Bertz CT molecular complexity index is 844. The van der Waals surface area contributed by atoms with Gasteiger partial charge in [0.15, 0.2) is 6.10 Å². The Morgan fingerprint density at radius 2 is 1.44 bits per heavy atom. The standard InChI is InChI=1S/C22H18ClNO/c23-21-14-8-7-13-20(21)17-24-25-22(19-11-5-2-6-12-19)16-15-18-9-3-1-4-10-18/h1-17,22H/b16-15+,24-17+/t22-/m0/s1. The van der Waals surface area contributed by atoms with Gasteiger partial charge in [-0.25, -0.2) is 0 Å². The number of rotatable bonds is 6. The van der Waals surface area contributed by atoms with E-state index in [1.165, 1.54) is 0 Å². The van der Waals surface area contributed by atoms with E-state index < -0.39 is 0 Å². The van der Waals surface area contributed by atoms with Gasteiger partial charge in [-0.1, -0.05) is 102 Å². The van der Waals surface area contributed by atoms with Gasteiger partial charge in [-0.15, -0.1) is 0 Å². The first kappa shape index (κ1) is 17.0. The Hall–Kier alpha value is -2.84. The Kier molecular flexibility index (Phi) is 6.02. The van der Waals surface area contributed by atoms with Crippen LogP contribution in [0.2, 0.25) is 5.02 Å². The molecule has 0 saturated carbocycles. The summed E-state index contributed by atoms with van der Waals surface area (Å²) in [6.45, 7) is 0. The van der Waals surface area contributed by atoms with Crippen LogP contribution in [0.1, 0.15) is 22.8 Å². The topological polar surface area (TPSA) is 21.6 Å². The van der Waals surface area contributed by atoms with E-state index in [0.717, 1.165) is 16.7 Å². The van der Waals surface area contributed by atoms with E-state index in [0.29, 0.717) is 5.02 Å². The van der Waals surface area contributed by atoms with Crippen molar-refractivity contribution in [1.82, 2.24) is 0 Å². The van der Waals surface area contributed by atoms with Crippen LogP contribution in [0, 0.1) is 0 Å². The lowest BCUT2D eigenvalue weighted by Gasteiger charge is -2.11. The zero-order valence-corrected chi connectivity index (χ0v) is 14.4. The summed E-state index contributed by atoms with van der Waals surface area (Å²) in [4.78, 5) is 5.73. The fourth-order valence-electron chi connectivity index (χ4n) is 2.35. The average molecular weight is 348 g/mol. The van der Waals surface area contributed by atoms with Crippen molar-refractivity contribution < 1.29 is 4.84 Å². The van der Waals surface area contributed by atoms with Gasteiger partial charge < -0.3 is 4.84 Å². The van der Waals surface area contributed by atoms with Crippen LogP contribution in [-0.4, -0.2) is 6.21 Å². The van der Waals surface area contributed by atoms with Crippen LogP contribution in [0.15, 0.2) is 96.2 Å². The van der Waals surface area contributed by atoms with Gasteiger partial charge in [0.2, 0.25) is 0 Å². The summed E-state index contributed by atoms with van der Waals surface area (Å²) in [5, 5.41) is 4.78. The Balaban J connectivity index is 1.77. The van der Waals surface area contributed by atoms with E-state index in [2.05, 4.69) is 5.16 Å². The molecule has 0 N–H and O–H groups in total. The van der Waals surface area contributed by atoms with Crippen molar-refractivity contribution in [1.29, 1.82) is 0 Å². The molecule has 0 aliphatic carbocycles. The summed E-state index contributed by atoms with van der Waals surface area (Å²) < 4.78 is 0. The van der Waals surface area contributed by atoms with Gasteiger partial charge in [0.25, 0.3) is 0 Å². The lowest BCUT2D eigenvalue weighted by atomic mass is 10.1. The molecule has 0 aliphatic heterocycles. The minimum Gasteiger partial charge on any atom is -0.383 e. The van der Waals surface area contributed by atoms with E-state index in [1.54, 1.807) is 6.21 Å². The highest BCUT2D eigenvalue weighted by Crippen LogP contribution is 2.21. The van der Waals surface area contributed by atoms with Crippen LogP contribution >= 0.6 is 11.6 Å². The number of halogens is 1. The van der Waals surface area contributed by atoms with Crippen LogP contribution in [0.5, 0.6) is 0 Å². The molecule has 3 rings (SSSR count). The van der Waals surface area contributed by atoms with Crippen LogP contribution in [-0.2, 0) is 4.84 Å². The first-order valence-corrected chi connectivity index (χ1v) is 8.42. The van der Waals surface area contributed by atoms with E-state index in [4.69, 9.17) is 16.4 Å². The summed E-state index contributed by atoms with van der Waals surface area (Å²) >= 11 is 6.14. The molecule has 0 radical (unpaired) electrons. The lowest BCUT2D eigenvalue weighted by molar-refractivity contribution is 0.0948. The van der Waals surface area contributed by atoms with Crippen molar-refractivity contribution in [3.05, 3.63) is 113 Å². The van der Waals surface area contributed by atoms with Gasteiger partial charge in [-0.3, -0.25) is 0 Å². The van der Waals surface area contributed by atoms with Crippen LogP contribution in [0.3, 0.4) is 0 Å². The number of benzene rings is 3. The summed E-state index contributed by atoms with van der Waals surface area (Å²) in [5.74, 6) is 0. The molecule has 3 aromatic rings. The maximum absolute atomic E-state index is 6.14. The van der Waals surface area contributed by atoms with Crippen molar-refractivity contribution >= 4 is 23.9 Å². The molecule has 0 saturated heterocycles. The van der Waals surface area contributed by atoms with Crippen molar-refractivity contribution in [2.75, 3.05) is 0 Å². The third-order valence-electron chi connectivity index (χ3n) is 3.66. The molecule has 0 spiro atoms. The van der Waals surface area contributed by atoms with Crippen LogP contribution in [0.25, 0.3) is 6.08 Å². The van der Waals surface area contributed by atoms with Crippen molar-refractivity contribution in [3.8, 4) is 0 Å². The van der Waals surface area contributed by atoms with E-state index in [-0.39, 0.29) is 6.10 Å².